The Bertz CT molecular complexity index is 1000. The monoisotopic (exact) mass is 446 g/mol. The smallest absolute Gasteiger partial charge is 0.322 e. The molecule has 2 aliphatic rings. The van der Waals surface area contributed by atoms with Gasteiger partial charge in [0.1, 0.15) is 11.9 Å². The second-order valence-corrected chi connectivity index (χ2v) is 8.13. The second kappa shape index (κ2) is 9.21. The molecule has 3 N–H and O–H groups in total. The molecule has 2 heterocycles. The van der Waals surface area contributed by atoms with E-state index in [2.05, 4.69) is 16.0 Å². The summed E-state index contributed by atoms with van der Waals surface area (Å²) in [6, 6.07) is 8.65. The average Bonchev–Trinajstić information content (AvgIpc) is 3.21. The van der Waals surface area contributed by atoms with E-state index < -0.39 is 17.9 Å². The van der Waals surface area contributed by atoms with Crippen molar-refractivity contribution in [2.75, 3.05) is 30.8 Å². The number of benzene rings is 2. The first-order valence-corrected chi connectivity index (χ1v) is 10.5. The maximum atomic E-state index is 13.7. The van der Waals surface area contributed by atoms with Crippen LogP contribution in [0.4, 0.5) is 20.6 Å². The number of urea groups is 1. The van der Waals surface area contributed by atoms with Crippen LogP contribution in [-0.2, 0) is 22.5 Å². The number of amides is 3. The Labute approximate surface area is 184 Å². The highest BCUT2D eigenvalue weighted by atomic mass is 35.5. The molecule has 0 bridgehead atoms. The number of carbonyl (C=O) groups excluding carboxylic acids is 2. The van der Waals surface area contributed by atoms with Crippen molar-refractivity contribution in [3.8, 4) is 0 Å². The molecule has 1 saturated heterocycles. The van der Waals surface area contributed by atoms with Gasteiger partial charge in [0, 0.05) is 38.0 Å². The van der Waals surface area contributed by atoms with E-state index in [1.54, 1.807) is 7.11 Å². The van der Waals surface area contributed by atoms with Crippen LogP contribution in [0.5, 0.6) is 0 Å². The van der Waals surface area contributed by atoms with Crippen LogP contribution in [0.2, 0.25) is 5.02 Å². The van der Waals surface area contributed by atoms with Crippen LogP contribution in [0.1, 0.15) is 17.5 Å². The topological polar surface area (TPSA) is 82.7 Å². The fraction of sp³-hybridized carbons (Fsp3) is 0.364. The summed E-state index contributed by atoms with van der Waals surface area (Å²) in [6.07, 6.45) is 1.01. The van der Waals surface area contributed by atoms with Crippen molar-refractivity contribution < 1.29 is 18.7 Å². The lowest BCUT2D eigenvalue weighted by Gasteiger charge is -2.24. The van der Waals surface area contributed by atoms with E-state index in [-0.39, 0.29) is 29.3 Å². The van der Waals surface area contributed by atoms with Gasteiger partial charge in [-0.2, -0.15) is 0 Å². The summed E-state index contributed by atoms with van der Waals surface area (Å²) in [7, 11) is 1.55. The lowest BCUT2D eigenvalue weighted by molar-refractivity contribution is -0.119. The van der Waals surface area contributed by atoms with Gasteiger partial charge in [-0.05, 0) is 54.4 Å². The van der Waals surface area contributed by atoms with Gasteiger partial charge >= 0.3 is 6.03 Å². The van der Waals surface area contributed by atoms with Crippen molar-refractivity contribution in [1.29, 1.82) is 0 Å². The minimum Gasteiger partial charge on any atom is -0.380 e. The third kappa shape index (κ3) is 4.81. The van der Waals surface area contributed by atoms with Crippen LogP contribution in [0.25, 0.3) is 0 Å². The number of fused-ring (bicyclic) bond motifs is 1. The molecule has 3 amide bonds. The largest absolute Gasteiger partial charge is 0.380 e. The molecule has 4 rings (SSSR count). The van der Waals surface area contributed by atoms with Gasteiger partial charge in [0.25, 0.3) is 0 Å². The van der Waals surface area contributed by atoms with Gasteiger partial charge in [0.2, 0.25) is 5.91 Å². The molecule has 31 heavy (non-hydrogen) atoms. The molecule has 0 aliphatic carbocycles. The van der Waals surface area contributed by atoms with Crippen LogP contribution in [0, 0.1) is 5.82 Å². The molecule has 1 fully saturated rings. The quantitative estimate of drug-likeness (QED) is 0.672. The number of hydrogen-bond donors (Lipinski definition) is 3. The van der Waals surface area contributed by atoms with Crippen LogP contribution in [-0.4, -0.2) is 49.2 Å². The van der Waals surface area contributed by atoms with Gasteiger partial charge < -0.3 is 25.6 Å². The number of methoxy groups -OCH3 is 1. The van der Waals surface area contributed by atoms with Gasteiger partial charge in [0.05, 0.1) is 11.1 Å². The van der Waals surface area contributed by atoms with Gasteiger partial charge in [-0.3, -0.25) is 4.79 Å². The van der Waals surface area contributed by atoms with Crippen LogP contribution < -0.4 is 16.0 Å². The van der Waals surface area contributed by atoms with Crippen LogP contribution >= 0.6 is 11.6 Å². The number of anilines is 2. The molecule has 2 aromatic carbocycles. The maximum absolute atomic E-state index is 13.7. The molecular weight excluding hydrogens is 423 g/mol. The second-order valence-electron chi connectivity index (χ2n) is 7.72. The first-order valence-electron chi connectivity index (χ1n) is 10.1. The molecule has 9 heteroatoms. The summed E-state index contributed by atoms with van der Waals surface area (Å²) in [6.45, 7) is 1.98. The zero-order valence-electron chi connectivity index (χ0n) is 17.1. The summed E-state index contributed by atoms with van der Waals surface area (Å²) in [5, 5.41) is 8.85. The van der Waals surface area contributed by atoms with Crippen molar-refractivity contribution >= 4 is 34.9 Å². The molecule has 2 atom stereocenters. The Morgan fingerprint density at radius 2 is 1.94 bits per heavy atom. The van der Waals surface area contributed by atoms with Crippen molar-refractivity contribution in [2.24, 2.45) is 0 Å². The lowest BCUT2D eigenvalue weighted by Crippen LogP contribution is -2.45. The van der Waals surface area contributed by atoms with Crippen molar-refractivity contribution in [2.45, 2.75) is 31.5 Å². The highest BCUT2D eigenvalue weighted by Crippen LogP contribution is 2.25. The van der Waals surface area contributed by atoms with Crippen molar-refractivity contribution in [1.82, 2.24) is 10.2 Å². The predicted octanol–water partition coefficient (Wildman–Crippen LogP) is 3.38. The number of halogens is 2. The van der Waals surface area contributed by atoms with Gasteiger partial charge in [-0.25, -0.2) is 9.18 Å². The molecular formula is C22H24ClFN4O3. The number of rotatable bonds is 4. The van der Waals surface area contributed by atoms with E-state index in [0.717, 1.165) is 25.6 Å². The Balaban J connectivity index is 1.47. The summed E-state index contributed by atoms with van der Waals surface area (Å²) in [5.41, 5.74) is 3.39. The Morgan fingerprint density at radius 1 is 1.16 bits per heavy atom. The van der Waals surface area contributed by atoms with E-state index >= 15 is 0 Å². The Kier molecular flexibility index (Phi) is 6.41. The third-order valence-corrected chi connectivity index (χ3v) is 6.00. The van der Waals surface area contributed by atoms with E-state index in [4.69, 9.17) is 16.3 Å². The molecule has 0 radical (unpaired) electrons. The Hall–Kier alpha value is -2.68. The van der Waals surface area contributed by atoms with Crippen LogP contribution in [0.15, 0.2) is 36.4 Å². The number of ether oxygens (including phenoxy) is 1. The van der Waals surface area contributed by atoms with Gasteiger partial charge in [-0.15, -0.1) is 0 Å². The van der Waals surface area contributed by atoms with Crippen LogP contribution in [0.3, 0.4) is 0 Å². The zero-order chi connectivity index (χ0) is 22.0. The minimum atomic E-state index is -0.709. The summed E-state index contributed by atoms with van der Waals surface area (Å²) in [4.78, 5) is 27.3. The van der Waals surface area contributed by atoms with Crippen molar-refractivity contribution in [3.63, 3.8) is 0 Å². The Morgan fingerprint density at radius 3 is 2.71 bits per heavy atom. The molecule has 2 aromatic rings. The predicted molar refractivity (Wildman–Crippen MR) is 117 cm³/mol. The number of likely N-dealkylation sites (tertiary alicyclic amines) is 1. The van der Waals surface area contributed by atoms with E-state index in [0.29, 0.717) is 12.1 Å². The highest BCUT2D eigenvalue weighted by Gasteiger charge is 2.40. The zero-order valence-corrected chi connectivity index (χ0v) is 17.8. The molecule has 1 unspecified atom stereocenters. The lowest BCUT2D eigenvalue weighted by atomic mass is 10.0. The molecule has 2 aliphatic heterocycles. The maximum Gasteiger partial charge on any atom is 0.322 e. The number of carbonyl (C=O) groups is 2. The molecule has 0 saturated carbocycles. The molecule has 7 nitrogen and oxygen atoms in total. The van der Waals surface area contributed by atoms with Gasteiger partial charge in [-0.1, -0.05) is 17.7 Å². The standard InChI is InChI=1S/C22H24ClFN4O3/c1-31-17-10-20(21(29)26-15-3-2-14-11-25-7-6-13(14)8-15)28(12-17)22(30)27-16-4-5-18(23)19(24)9-16/h2-5,8-9,17,20,25H,6-7,10-12H2,1H3,(H,26,29)(H,27,30)/t17?,20-/m1/s1. The van der Waals surface area contributed by atoms with E-state index in [1.807, 2.05) is 18.2 Å². The summed E-state index contributed by atoms with van der Waals surface area (Å²) >= 11 is 5.70. The van der Waals surface area contributed by atoms with E-state index in [9.17, 15) is 14.0 Å². The number of nitrogens with one attached hydrogen (secondary N) is 3. The average molecular weight is 447 g/mol. The van der Waals surface area contributed by atoms with Crippen molar-refractivity contribution in [3.05, 3.63) is 58.4 Å². The minimum absolute atomic E-state index is 0.0308. The molecule has 0 spiro atoms. The normalized spacial score (nSPS) is 20.3. The number of nitrogens with zero attached hydrogens (tertiary/aromatic N) is 1. The summed E-state index contributed by atoms with van der Waals surface area (Å²) < 4.78 is 19.1. The fourth-order valence-corrected chi connectivity index (χ4v) is 4.11. The van der Waals surface area contributed by atoms with Gasteiger partial charge in [0.15, 0.2) is 0 Å². The highest BCUT2D eigenvalue weighted by molar-refractivity contribution is 6.30. The van der Waals surface area contributed by atoms with E-state index in [1.165, 1.54) is 28.2 Å². The fourth-order valence-electron chi connectivity index (χ4n) is 3.99. The molecule has 164 valence electrons. The summed E-state index contributed by atoms with van der Waals surface area (Å²) in [5.74, 6) is -0.918. The SMILES string of the molecule is COC1C[C@H](C(=O)Nc2ccc3c(c2)CCNC3)N(C(=O)Nc2ccc(Cl)c(F)c2)C1. The first kappa shape index (κ1) is 21.5. The number of hydrogen-bond acceptors (Lipinski definition) is 4. The molecule has 0 aromatic heterocycles. The first-order chi connectivity index (χ1) is 14.9. The third-order valence-electron chi connectivity index (χ3n) is 5.69.